The normalized spacial score (nSPS) is 10.5. The van der Waals surface area contributed by atoms with Crippen LogP contribution < -0.4 is 0 Å². The van der Waals surface area contributed by atoms with Crippen LogP contribution in [0.3, 0.4) is 0 Å². The summed E-state index contributed by atoms with van der Waals surface area (Å²) in [6.45, 7) is 2.55. The van der Waals surface area contributed by atoms with Crippen molar-refractivity contribution in [2.24, 2.45) is 0 Å². The number of pyridine rings is 1. The lowest BCUT2D eigenvalue weighted by Gasteiger charge is -1.98. The van der Waals surface area contributed by atoms with E-state index in [0.717, 1.165) is 18.4 Å². The van der Waals surface area contributed by atoms with E-state index in [0.29, 0.717) is 6.61 Å². The van der Waals surface area contributed by atoms with Crippen molar-refractivity contribution in [3.05, 3.63) is 36.2 Å². The number of ether oxygens (including phenoxy) is 1. The molecule has 0 unspecified atom stereocenters. The third kappa shape index (κ3) is 4.96. The second-order valence-electron chi connectivity index (χ2n) is 3.14. The van der Waals surface area contributed by atoms with Crippen LogP contribution in [0.5, 0.6) is 0 Å². The quantitative estimate of drug-likeness (QED) is 0.421. The van der Waals surface area contributed by atoms with Crippen molar-refractivity contribution in [1.82, 2.24) is 4.98 Å². The van der Waals surface area contributed by atoms with E-state index in [4.69, 9.17) is 4.74 Å². The molecular weight excluding hydrogens is 190 g/mol. The average Bonchev–Trinajstić information content (AvgIpc) is 2.28. The number of aromatic nitrogens is 1. The molecule has 15 heavy (non-hydrogen) atoms. The molecular formula is C12H15NO2. The molecule has 0 bridgehead atoms. The summed E-state index contributed by atoms with van der Waals surface area (Å²) in [4.78, 5) is 15.1. The van der Waals surface area contributed by atoms with Gasteiger partial charge in [0.2, 0.25) is 0 Å². The minimum absolute atomic E-state index is 0.299. The fraction of sp³-hybridized carbons (Fsp3) is 0.333. The van der Waals surface area contributed by atoms with E-state index in [1.165, 1.54) is 6.08 Å². The summed E-state index contributed by atoms with van der Waals surface area (Å²) in [6.07, 6.45) is 8.44. The maximum absolute atomic E-state index is 11.2. The average molecular weight is 205 g/mol. The van der Waals surface area contributed by atoms with Crippen LogP contribution in [0.15, 0.2) is 30.6 Å². The summed E-state index contributed by atoms with van der Waals surface area (Å²) in [7, 11) is 0. The Labute approximate surface area is 89.8 Å². The van der Waals surface area contributed by atoms with Gasteiger partial charge < -0.3 is 4.74 Å². The van der Waals surface area contributed by atoms with Crippen LogP contribution in [0.2, 0.25) is 0 Å². The third-order valence-electron chi connectivity index (χ3n) is 1.84. The van der Waals surface area contributed by atoms with E-state index in [1.54, 1.807) is 18.5 Å². The molecule has 0 saturated heterocycles. The first kappa shape index (κ1) is 11.4. The smallest absolute Gasteiger partial charge is 0.330 e. The molecule has 3 heteroatoms. The zero-order valence-corrected chi connectivity index (χ0v) is 8.85. The fourth-order valence-electron chi connectivity index (χ4n) is 1.00. The topological polar surface area (TPSA) is 39.2 Å². The third-order valence-corrected chi connectivity index (χ3v) is 1.84. The molecule has 0 aliphatic heterocycles. The summed E-state index contributed by atoms with van der Waals surface area (Å²) < 4.78 is 4.96. The second-order valence-corrected chi connectivity index (χ2v) is 3.14. The van der Waals surface area contributed by atoms with Crippen LogP contribution in [-0.4, -0.2) is 17.6 Å². The van der Waals surface area contributed by atoms with E-state index >= 15 is 0 Å². The highest BCUT2D eigenvalue weighted by Gasteiger charge is 1.95. The maximum Gasteiger partial charge on any atom is 0.330 e. The first-order valence-corrected chi connectivity index (χ1v) is 5.08. The van der Waals surface area contributed by atoms with Crippen LogP contribution >= 0.6 is 0 Å². The van der Waals surface area contributed by atoms with Crippen LogP contribution in [-0.2, 0) is 9.53 Å². The van der Waals surface area contributed by atoms with E-state index in [9.17, 15) is 4.79 Å². The summed E-state index contributed by atoms with van der Waals surface area (Å²) in [5.41, 5.74) is 0.893. The monoisotopic (exact) mass is 205 g/mol. The van der Waals surface area contributed by atoms with Crippen molar-refractivity contribution in [2.45, 2.75) is 19.8 Å². The number of hydrogen-bond donors (Lipinski definition) is 0. The van der Waals surface area contributed by atoms with Gasteiger partial charge in [-0.3, -0.25) is 4.98 Å². The Morgan fingerprint density at radius 2 is 2.47 bits per heavy atom. The van der Waals surface area contributed by atoms with E-state index < -0.39 is 0 Å². The lowest BCUT2D eigenvalue weighted by molar-refractivity contribution is -0.137. The Kier molecular flexibility index (Phi) is 5.15. The van der Waals surface area contributed by atoms with Gasteiger partial charge in [-0.2, -0.15) is 0 Å². The van der Waals surface area contributed by atoms with Crippen LogP contribution in [0.4, 0.5) is 0 Å². The van der Waals surface area contributed by atoms with Crippen molar-refractivity contribution >= 4 is 12.0 Å². The molecule has 1 aromatic heterocycles. The van der Waals surface area contributed by atoms with Crippen molar-refractivity contribution in [1.29, 1.82) is 0 Å². The Balaban J connectivity index is 2.34. The second kappa shape index (κ2) is 6.76. The highest BCUT2D eigenvalue weighted by molar-refractivity contribution is 5.86. The molecule has 0 aromatic carbocycles. The highest BCUT2D eigenvalue weighted by Crippen LogP contribution is 1.99. The van der Waals surface area contributed by atoms with Crippen molar-refractivity contribution < 1.29 is 9.53 Å². The Morgan fingerprint density at radius 3 is 3.13 bits per heavy atom. The molecule has 0 fully saturated rings. The standard InChI is InChI=1S/C12H15NO2/c1-2-3-9-15-12(14)7-6-11-5-4-8-13-10-11/h4-8,10H,2-3,9H2,1H3/b7-6+. The van der Waals surface area contributed by atoms with Crippen molar-refractivity contribution in [3.63, 3.8) is 0 Å². The first-order chi connectivity index (χ1) is 7.33. The van der Waals surface area contributed by atoms with Crippen LogP contribution in [0.1, 0.15) is 25.3 Å². The number of nitrogens with zero attached hydrogens (tertiary/aromatic N) is 1. The zero-order valence-electron chi connectivity index (χ0n) is 8.85. The molecule has 80 valence electrons. The molecule has 0 spiro atoms. The molecule has 1 rings (SSSR count). The minimum atomic E-state index is -0.299. The molecule has 3 nitrogen and oxygen atoms in total. The molecule has 1 aromatic rings. The predicted molar refractivity (Wildman–Crippen MR) is 59.1 cm³/mol. The number of esters is 1. The number of hydrogen-bond acceptors (Lipinski definition) is 3. The first-order valence-electron chi connectivity index (χ1n) is 5.08. The molecule has 0 radical (unpaired) electrons. The Bertz CT molecular complexity index is 320. The maximum atomic E-state index is 11.2. The lowest BCUT2D eigenvalue weighted by Crippen LogP contribution is -2.01. The van der Waals surface area contributed by atoms with Gasteiger partial charge in [0.15, 0.2) is 0 Å². The van der Waals surface area contributed by atoms with Gasteiger partial charge in [-0.25, -0.2) is 4.79 Å². The number of rotatable bonds is 5. The largest absolute Gasteiger partial charge is 0.463 e. The van der Waals surface area contributed by atoms with E-state index in [-0.39, 0.29) is 5.97 Å². The number of unbranched alkanes of at least 4 members (excludes halogenated alkanes) is 1. The summed E-state index contributed by atoms with van der Waals surface area (Å²) >= 11 is 0. The summed E-state index contributed by atoms with van der Waals surface area (Å²) in [5, 5.41) is 0. The van der Waals surface area contributed by atoms with Crippen molar-refractivity contribution in [2.75, 3.05) is 6.61 Å². The molecule has 0 aliphatic rings. The molecule has 0 aliphatic carbocycles. The van der Waals surface area contributed by atoms with Gasteiger partial charge in [0.1, 0.15) is 0 Å². The van der Waals surface area contributed by atoms with E-state index in [1.807, 2.05) is 12.1 Å². The number of carbonyl (C=O) groups is 1. The molecule has 0 amide bonds. The fourth-order valence-corrected chi connectivity index (χ4v) is 1.00. The van der Waals surface area contributed by atoms with Gasteiger partial charge in [0.25, 0.3) is 0 Å². The molecule has 0 N–H and O–H groups in total. The van der Waals surface area contributed by atoms with Gasteiger partial charge in [-0.05, 0) is 24.1 Å². The summed E-state index contributed by atoms with van der Waals surface area (Å²) in [5.74, 6) is -0.299. The van der Waals surface area contributed by atoms with E-state index in [2.05, 4.69) is 11.9 Å². The van der Waals surface area contributed by atoms with Crippen molar-refractivity contribution in [3.8, 4) is 0 Å². The molecule has 0 saturated carbocycles. The van der Waals surface area contributed by atoms with Crippen LogP contribution in [0, 0.1) is 0 Å². The zero-order chi connectivity index (χ0) is 10.9. The predicted octanol–water partition coefficient (Wildman–Crippen LogP) is 2.44. The SMILES string of the molecule is CCCCOC(=O)/C=C/c1cccnc1. The van der Waals surface area contributed by atoms with Gasteiger partial charge in [-0.1, -0.05) is 19.4 Å². The number of carbonyl (C=O) groups excluding carboxylic acids is 1. The molecule has 0 atom stereocenters. The summed E-state index contributed by atoms with van der Waals surface area (Å²) in [6, 6.07) is 3.70. The molecule has 1 heterocycles. The van der Waals surface area contributed by atoms with Crippen LogP contribution in [0.25, 0.3) is 6.08 Å². The van der Waals surface area contributed by atoms with Gasteiger partial charge in [-0.15, -0.1) is 0 Å². The Hall–Kier alpha value is -1.64. The highest BCUT2D eigenvalue weighted by atomic mass is 16.5. The van der Waals surface area contributed by atoms with Gasteiger partial charge in [0.05, 0.1) is 6.61 Å². The van der Waals surface area contributed by atoms with Gasteiger partial charge in [0, 0.05) is 18.5 Å². The minimum Gasteiger partial charge on any atom is -0.463 e. The lowest BCUT2D eigenvalue weighted by atomic mass is 10.2. The van der Waals surface area contributed by atoms with Gasteiger partial charge >= 0.3 is 5.97 Å². The Morgan fingerprint density at radius 1 is 1.60 bits per heavy atom.